The maximum Gasteiger partial charge on any atom is 0.150 e. The van der Waals surface area contributed by atoms with Gasteiger partial charge in [0.15, 0.2) is 0 Å². The maximum absolute atomic E-state index is 11.8. The standard InChI is InChI=1S/C36H52O2/c1-25(2)9-7-11-27(5)13-17-31-32(18-14-28(6)12-8-10-26(3)4)36-22-30(24-38)16-20-34(36)33-19-15-29(23-37)21-35(31)33/h15-16,19-21,23-28,30H,7-14,17-18,22H2,1-6H3. The van der Waals surface area contributed by atoms with Crippen molar-refractivity contribution < 1.29 is 9.59 Å². The second kappa shape index (κ2) is 14.8. The predicted molar refractivity (Wildman–Crippen MR) is 164 cm³/mol. The van der Waals surface area contributed by atoms with E-state index in [1.54, 1.807) is 0 Å². The number of aldehydes is 2. The maximum atomic E-state index is 11.8. The minimum Gasteiger partial charge on any atom is -0.303 e. The van der Waals surface area contributed by atoms with Crippen molar-refractivity contribution in [1.82, 2.24) is 0 Å². The highest BCUT2D eigenvalue weighted by molar-refractivity contribution is 5.99. The van der Waals surface area contributed by atoms with Gasteiger partial charge in [-0.2, -0.15) is 0 Å². The number of aryl methyl sites for hydroxylation is 1. The van der Waals surface area contributed by atoms with Crippen LogP contribution in [0.15, 0.2) is 24.3 Å². The first-order valence-electron chi connectivity index (χ1n) is 15.4. The van der Waals surface area contributed by atoms with E-state index in [9.17, 15) is 9.59 Å². The van der Waals surface area contributed by atoms with E-state index in [2.05, 4.69) is 65.8 Å². The Morgan fingerprint density at radius 3 is 1.92 bits per heavy atom. The Balaban J connectivity index is 1.97. The van der Waals surface area contributed by atoms with Gasteiger partial charge in [-0.15, -0.1) is 0 Å². The van der Waals surface area contributed by atoms with E-state index in [4.69, 9.17) is 0 Å². The van der Waals surface area contributed by atoms with Crippen molar-refractivity contribution in [2.45, 2.75) is 112 Å². The summed E-state index contributed by atoms with van der Waals surface area (Å²) in [6.07, 6.45) is 19.3. The minimum absolute atomic E-state index is 0.0424. The van der Waals surface area contributed by atoms with Crippen LogP contribution >= 0.6 is 0 Å². The molecule has 0 radical (unpaired) electrons. The quantitative estimate of drug-likeness (QED) is 0.208. The Morgan fingerprint density at radius 2 is 1.37 bits per heavy atom. The van der Waals surface area contributed by atoms with Crippen LogP contribution in [-0.2, 0) is 24.1 Å². The first-order valence-corrected chi connectivity index (χ1v) is 15.4. The first kappa shape index (κ1) is 30.3. The van der Waals surface area contributed by atoms with Crippen LogP contribution < -0.4 is 0 Å². The molecule has 0 saturated carbocycles. The lowest BCUT2D eigenvalue weighted by Gasteiger charge is -2.26. The molecule has 208 valence electrons. The smallest absolute Gasteiger partial charge is 0.150 e. The molecule has 3 atom stereocenters. The van der Waals surface area contributed by atoms with Gasteiger partial charge in [0.1, 0.15) is 12.6 Å². The summed E-state index contributed by atoms with van der Waals surface area (Å²) in [5, 5.41) is 2.49. The first-order chi connectivity index (χ1) is 18.2. The lowest BCUT2D eigenvalue weighted by molar-refractivity contribution is -0.109. The summed E-state index contributed by atoms with van der Waals surface area (Å²) in [6, 6.07) is 6.21. The number of benzene rings is 2. The van der Waals surface area contributed by atoms with Crippen LogP contribution in [-0.4, -0.2) is 12.6 Å². The number of hydrogen-bond donors (Lipinski definition) is 0. The van der Waals surface area contributed by atoms with Crippen LogP contribution in [0.3, 0.4) is 0 Å². The van der Waals surface area contributed by atoms with E-state index in [-0.39, 0.29) is 5.92 Å². The van der Waals surface area contributed by atoms with Crippen LogP contribution in [0.5, 0.6) is 0 Å². The highest BCUT2D eigenvalue weighted by atomic mass is 16.1. The second-order valence-electron chi connectivity index (χ2n) is 13.1. The van der Waals surface area contributed by atoms with Crippen LogP contribution in [0.25, 0.3) is 16.8 Å². The van der Waals surface area contributed by atoms with Gasteiger partial charge >= 0.3 is 0 Å². The van der Waals surface area contributed by atoms with E-state index in [1.165, 1.54) is 84.4 Å². The summed E-state index contributed by atoms with van der Waals surface area (Å²) >= 11 is 0. The average Bonchev–Trinajstić information content (AvgIpc) is 2.89. The average molecular weight is 517 g/mol. The molecule has 1 aliphatic rings. The number of carbonyl (C=O) groups excluding carboxylic acids is 2. The Kier molecular flexibility index (Phi) is 11.8. The fourth-order valence-corrected chi connectivity index (χ4v) is 6.24. The van der Waals surface area contributed by atoms with E-state index in [0.717, 1.165) is 49.2 Å². The van der Waals surface area contributed by atoms with Crippen molar-refractivity contribution in [2.24, 2.45) is 29.6 Å². The lowest BCUT2D eigenvalue weighted by atomic mass is 9.78. The Hall–Kier alpha value is -2.22. The molecular weight excluding hydrogens is 464 g/mol. The van der Waals surface area contributed by atoms with E-state index >= 15 is 0 Å². The van der Waals surface area contributed by atoms with Crippen LogP contribution in [0.2, 0.25) is 0 Å². The monoisotopic (exact) mass is 516 g/mol. The number of fused-ring (bicyclic) bond motifs is 3. The molecule has 0 spiro atoms. The van der Waals surface area contributed by atoms with Crippen LogP contribution in [0.4, 0.5) is 0 Å². The third kappa shape index (κ3) is 8.39. The van der Waals surface area contributed by atoms with Gasteiger partial charge in [0, 0.05) is 11.5 Å². The molecule has 3 rings (SSSR count). The van der Waals surface area contributed by atoms with Crippen molar-refractivity contribution in [3.63, 3.8) is 0 Å². The third-order valence-electron chi connectivity index (χ3n) is 8.70. The zero-order chi connectivity index (χ0) is 27.7. The molecule has 0 aromatic heterocycles. The van der Waals surface area contributed by atoms with Crippen molar-refractivity contribution in [1.29, 1.82) is 0 Å². The van der Waals surface area contributed by atoms with Crippen LogP contribution in [0.1, 0.15) is 126 Å². The fraction of sp³-hybridized carbons (Fsp3) is 0.611. The second-order valence-corrected chi connectivity index (χ2v) is 13.1. The zero-order valence-electron chi connectivity index (χ0n) is 25.0. The molecule has 1 aliphatic carbocycles. The van der Waals surface area contributed by atoms with Gasteiger partial charge in [0.05, 0.1) is 0 Å². The third-order valence-corrected chi connectivity index (χ3v) is 8.70. The molecule has 0 heterocycles. The molecule has 3 unspecified atom stereocenters. The summed E-state index contributed by atoms with van der Waals surface area (Å²) in [7, 11) is 0. The molecule has 0 saturated heterocycles. The molecule has 0 N–H and O–H groups in total. The zero-order valence-corrected chi connectivity index (χ0v) is 25.0. The summed E-state index contributed by atoms with van der Waals surface area (Å²) in [5.74, 6) is 2.85. The number of hydrogen-bond acceptors (Lipinski definition) is 2. The summed E-state index contributed by atoms with van der Waals surface area (Å²) in [5.41, 5.74) is 6.31. The van der Waals surface area contributed by atoms with E-state index < -0.39 is 0 Å². The number of carbonyl (C=O) groups is 2. The molecular formula is C36H52O2. The van der Waals surface area contributed by atoms with Gasteiger partial charge in [0.25, 0.3) is 0 Å². The van der Waals surface area contributed by atoms with Crippen molar-refractivity contribution in [3.8, 4) is 0 Å². The van der Waals surface area contributed by atoms with Gasteiger partial charge in [-0.3, -0.25) is 4.79 Å². The highest BCUT2D eigenvalue weighted by Crippen LogP contribution is 2.38. The Labute approximate surface area is 232 Å². The largest absolute Gasteiger partial charge is 0.303 e. The minimum atomic E-state index is -0.0424. The molecule has 38 heavy (non-hydrogen) atoms. The SMILES string of the molecule is CC(C)CCCC(C)CCc1c2c(c3ccc(C=O)cc3c1CCC(C)CCCC(C)C)C=CC(C=O)C2. The molecule has 2 aromatic rings. The molecule has 2 heteroatoms. The normalized spacial score (nSPS) is 16.7. The van der Waals surface area contributed by atoms with E-state index in [1.807, 2.05) is 6.07 Å². The van der Waals surface area contributed by atoms with Crippen molar-refractivity contribution in [2.75, 3.05) is 0 Å². The number of allylic oxidation sites excluding steroid dienone is 1. The lowest BCUT2D eigenvalue weighted by Crippen LogP contribution is -2.15. The van der Waals surface area contributed by atoms with Gasteiger partial charge in [0.2, 0.25) is 0 Å². The Morgan fingerprint density at radius 1 is 0.763 bits per heavy atom. The van der Waals surface area contributed by atoms with Gasteiger partial charge in [-0.1, -0.05) is 104 Å². The molecule has 2 aromatic carbocycles. The van der Waals surface area contributed by atoms with Crippen LogP contribution in [0, 0.1) is 29.6 Å². The van der Waals surface area contributed by atoms with Gasteiger partial charge in [-0.05, 0) is 94.9 Å². The highest BCUT2D eigenvalue weighted by Gasteiger charge is 2.24. The summed E-state index contributed by atoms with van der Waals surface area (Å²) in [4.78, 5) is 23.6. The van der Waals surface area contributed by atoms with Crippen molar-refractivity contribution >= 4 is 29.4 Å². The predicted octanol–water partition coefficient (Wildman–Crippen LogP) is 9.83. The topological polar surface area (TPSA) is 34.1 Å². The molecule has 0 aliphatic heterocycles. The molecule has 0 fully saturated rings. The fourth-order valence-electron chi connectivity index (χ4n) is 6.24. The van der Waals surface area contributed by atoms with Crippen molar-refractivity contribution in [3.05, 3.63) is 52.1 Å². The molecule has 2 nitrogen and oxygen atoms in total. The molecule has 0 bridgehead atoms. The van der Waals surface area contributed by atoms with Gasteiger partial charge in [-0.25, -0.2) is 0 Å². The Bertz CT molecular complexity index is 1090. The van der Waals surface area contributed by atoms with Gasteiger partial charge < -0.3 is 4.79 Å². The molecule has 0 amide bonds. The van der Waals surface area contributed by atoms with E-state index in [0.29, 0.717) is 11.8 Å². The summed E-state index contributed by atoms with van der Waals surface area (Å²) < 4.78 is 0. The number of rotatable bonds is 16. The summed E-state index contributed by atoms with van der Waals surface area (Å²) in [6.45, 7) is 14.1.